The normalized spacial score (nSPS) is 14.4. The van der Waals surface area contributed by atoms with Crippen molar-refractivity contribution in [1.29, 1.82) is 0 Å². The molecule has 0 atom stereocenters. The second kappa shape index (κ2) is 7.55. The number of carbonyl (C=O) groups excluding carboxylic acids is 2. The quantitative estimate of drug-likeness (QED) is 0.842. The Bertz CT molecular complexity index is 813. The van der Waals surface area contributed by atoms with Crippen molar-refractivity contribution in [2.45, 2.75) is 13.8 Å². The zero-order valence-electron chi connectivity index (χ0n) is 14.8. The molecule has 2 heterocycles. The Kier molecular flexibility index (Phi) is 5.20. The van der Waals surface area contributed by atoms with Crippen molar-refractivity contribution >= 4 is 12.0 Å². The van der Waals surface area contributed by atoms with Crippen LogP contribution in [0.4, 0.5) is 9.18 Å². The van der Waals surface area contributed by atoms with Crippen LogP contribution >= 0.6 is 0 Å². The van der Waals surface area contributed by atoms with Crippen LogP contribution in [-0.4, -0.2) is 64.4 Å². The van der Waals surface area contributed by atoms with Crippen LogP contribution in [0.3, 0.4) is 0 Å². The highest BCUT2D eigenvalue weighted by Gasteiger charge is 2.27. The first-order valence-electron chi connectivity index (χ1n) is 8.53. The molecule has 0 spiro atoms. The number of halogens is 1. The van der Waals surface area contributed by atoms with Crippen LogP contribution in [0.1, 0.15) is 23.1 Å². The van der Waals surface area contributed by atoms with Gasteiger partial charge in [-0.2, -0.15) is 5.10 Å². The molecule has 0 N–H and O–H groups in total. The molecule has 26 heavy (non-hydrogen) atoms. The van der Waals surface area contributed by atoms with Gasteiger partial charge in [0.2, 0.25) is 0 Å². The second-order valence-electron chi connectivity index (χ2n) is 6.01. The molecule has 7 nitrogen and oxygen atoms in total. The highest BCUT2D eigenvalue weighted by atomic mass is 19.1. The second-order valence-corrected chi connectivity index (χ2v) is 6.01. The van der Waals surface area contributed by atoms with Gasteiger partial charge in [0.05, 0.1) is 6.61 Å². The van der Waals surface area contributed by atoms with Crippen molar-refractivity contribution in [3.8, 4) is 5.69 Å². The van der Waals surface area contributed by atoms with E-state index in [4.69, 9.17) is 4.74 Å². The van der Waals surface area contributed by atoms with Crippen LogP contribution in [0, 0.1) is 12.7 Å². The fraction of sp³-hybridized carbons (Fsp3) is 0.389. The van der Waals surface area contributed by atoms with E-state index in [-0.39, 0.29) is 17.7 Å². The number of hydrogen-bond acceptors (Lipinski definition) is 4. The summed E-state index contributed by atoms with van der Waals surface area (Å²) in [5, 5.41) is 4.28. The SMILES string of the molecule is CCOC(=O)N1CCN(C(=O)c2cc(C)n(-c3ccccc3F)n2)CC1. The van der Waals surface area contributed by atoms with Gasteiger partial charge in [0.15, 0.2) is 5.69 Å². The first kappa shape index (κ1) is 17.9. The minimum Gasteiger partial charge on any atom is -0.450 e. The van der Waals surface area contributed by atoms with Gasteiger partial charge in [0, 0.05) is 31.9 Å². The van der Waals surface area contributed by atoms with E-state index in [1.807, 2.05) is 0 Å². The highest BCUT2D eigenvalue weighted by molar-refractivity contribution is 5.92. The number of aromatic nitrogens is 2. The Hall–Kier alpha value is -2.90. The van der Waals surface area contributed by atoms with Gasteiger partial charge in [0.25, 0.3) is 5.91 Å². The maximum Gasteiger partial charge on any atom is 0.409 e. The fourth-order valence-electron chi connectivity index (χ4n) is 2.92. The number of nitrogens with zero attached hydrogens (tertiary/aromatic N) is 4. The summed E-state index contributed by atoms with van der Waals surface area (Å²) in [5.74, 6) is -0.632. The first-order chi connectivity index (χ1) is 12.5. The lowest BCUT2D eigenvalue weighted by molar-refractivity contribution is 0.0565. The van der Waals surface area contributed by atoms with E-state index in [1.54, 1.807) is 47.9 Å². The highest BCUT2D eigenvalue weighted by Crippen LogP contribution is 2.17. The zero-order valence-corrected chi connectivity index (χ0v) is 14.8. The van der Waals surface area contributed by atoms with Crippen LogP contribution in [0.15, 0.2) is 30.3 Å². The van der Waals surface area contributed by atoms with Crippen molar-refractivity contribution in [3.05, 3.63) is 47.5 Å². The molecule has 0 radical (unpaired) electrons. The number of hydrogen-bond donors (Lipinski definition) is 0. The molecule has 0 bridgehead atoms. The van der Waals surface area contributed by atoms with E-state index in [0.29, 0.717) is 44.2 Å². The largest absolute Gasteiger partial charge is 0.450 e. The smallest absolute Gasteiger partial charge is 0.409 e. The van der Waals surface area contributed by atoms with Gasteiger partial charge in [-0.3, -0.25) is 4.79 Å². The van der Waals surface area contributed by atoms with Crippen LogP contribution in [0.2, 0.25) is 0 Å². The number of piperazine rings is 1. The molecule has 0 unspecified atom stereocenters. The number of para-hydroxylation sites is 1. The maximum absolute atomic E-state index is 14.0. The van der Waals surface area contributed by atoms with Gasteiger partial charge >= 0.3 is 6.09 Å². The van der Waals surface area contributed by atoms with Crippen molar-refractivity contribution in [3.63, 3.8) is 0 Å². The lowest BCUT2D eigenvalue weighted by atomic mass is 10.2. The van der Waals surface area contributed by atoms with Crippen molar-refractivity contribution in [2.75, 3.05) is 32.8 Å². The number of rotatable bonds is 3. The van der Waals surface area contributed by atoms with Crippen LogP contribution < -0.4 is 0 Å². The molecule has 1 aromatic heterocycles. The molecule has 1 aliphatic rings. The lowest BCUT2D eigenvalue weighted by Crippen LogP contribution is -2.50. The third kappa shape index (κ3) is 3.54. The summed E-state index contributed by atoms with van der Waals surface area (Å²) < 4.78 is 20.4. The van der Waals surface area contributed by atoms with Crippen LogP contribution in [0.5, 0.6) is 0 Å². The molecular formula is C18H21FN4O3. The molecule has 1 saturated heterocycles. The Balaban J connectivity index is 1.71. The minimum absolute atomic E-state index is 0.230. The van der Waals surface area contributed by atoms with Crippen LogP contribution in [0.25, 0.3) is 5.69 Å². The molecular weight excluding hydrogens is 339 g/mol. The van der Waals surface area contributed by atoms with Crippen molar-refractivity contribution in [2.24, 2.45) is 0 Å². The third-order valence-electron chi connectivity index (χ3n) is 4.28. The van der Waals surface area contributed by atoms with Gasteiger partial charge in [-0.05, 0) is 32.0 Å². The third-order valence-corrected chi connectivity index (χ3v) is 4.28. The predicted octanol–water partition coefficient (Wildman–Crippen LogP) is 2.23. The van der Waals surface area contributed by atoms with Gasteiger partial charge in [-0.25, -0.2) is 13.9 Å². The van der Waals surface area contributed by atoms with E-state index in [2.05, 4.69) is 5.10 Å². The van der Waals surface area contributed by atoms with Crippen LogP contribution in [-0.2, 0) is 4.74 Å². The molecule has 1 aliphatic heterocycles. The fourth-order valence-corrected chi connectivity index (χ4v) is 2.92. The molecule has 8 heteroatoms. The average molecular weight is 360 g/mol. The Morgan fingerprint density at radius 2 is 1.81 bits per heavy atom. The van der Waals surface area contributed by atoms with E-state index < -0.39 is 5.82 Å². The molecule has 138 valence electrons. The number of aryl methyl sites for hydroxylation is 1. The summed E-state index contributed by atoms with van der Waals surface area (Å²) in [6, 6.07) is 7.93. The van der Waals surface area contributed by atoms with E-state index in [0.717, 1.165) is 0 Å². The number of carbonyl (C=O) groups is 2. The van der Waals surface area contributed by atoms with Gasteiger partial charge in [-0.15, -0.1) is 0 Å². The monoisotopic (exact) mass is 360 g/mol. The molecule has 0 saturated carbocycles. The first-order valence-corrected chi connectivity index (χ1v) is 8.53. The average Bonchev–Trinajstić information content (AvgIpc) is 3.03. The Morgan fingerprint density at radius 3 is 2.46 bits per heavy atom. The van der Waals surface area contributed by atoms with Crippen molar-refractivity contribution < 1.29 is 18.7 Å². The molecule has 2 aromatic rings. The molecule has 1 aromatic carbocycles. The lowest BCUT2D eigenvalue weighted by Gasteiger charge is -2.33. The van der Waals surface area contributed by atoms with E-state index >= 15 is 0 Å². The van der Waals surface area contributed by atoms with E-state index in [1.165, 1.54) is 10.7 Å². The summed E-state index contributed by atoms with van der Waals surface area (Å²) in [6.07, 6.45) is -0.362. The summed E-state index contributed by atoms with van der Waals surface area (Å²) in [6.45, 7) is 5.49. The van der Waals surface area contributed by atoms with E-state index in [9.17, 15) is 14.0 Å². The summed E-state index contributed by atoms with van der Waals surface area (Å²) in [5.41, 5.74) is 1.23. The minimum atomic E-state index is -0.402. The molecule has 2 amide bonds. The Labute approximate surface area is 150 Å². The predicted molar refractivity (Wildman–Crippen MR) is 92.8 cm³/mol. The zero-order chi connectivity index (χ0) is 18.7. The number of benzene rings is 1. The van der Waals surface area contributed by atoms with Gasteiger partial charge in [-0.1, -0.05) is 12.1 Å². The topological polar surface area (TPSA) is 67.7 Å². The Morgan fingerprint density at radius 1 is 1.15 bits per heavy atom. The summed E-state index contributed by atoms with van der Waals surface area (Å²) in [7, 11) is 0. The number of amides is 2. The molecule has 1 fully saturated rings. The van der Waals surface area contributed by atoms with Gasteiger partial charge < -0.3 is 14.5 Å². The van der Waals surface area contributed by atoms with Crippen molar-refractivity contribution in [1.82, 2.24) is 19.6 Å². The summed E-state index contributed by atoms with van der Waals surface area (Å²) in [4.78, 5) is 27.7. The summed E-state index contributed by atoms with van der Waals surface area (Å²) >= 11 is 0. The maximum atomic E-state index is 14.0. The molecule has 3 rings (SSSR count). The van der Waals surface area contributed by atoms with Gasteiger partial charge in [0.1, 0.15) is 11.5 Å². The number of ether oxygens (including phenoxy) is 1. The standard InChI is InChI=1S/C18H21FN4O3/c1-3-26-18(25)22-10-8-21(9-11-22)17(24)15-12-13(2)23(20-15)16-7-5-4-6-14(16)19/h4-7,12H,3,8-11H2,1-2H3. The molecule has 0 aliphatic carbocycles.